The summed E-state index contributed by atoms with van der Waals surface area (Å²) in [5.74, 6) is 0. The number of hydrogen-bond acceptors (Lipinski definition) is 3. The molecule has 0 spiro atoms. The second-order valence-corrected chi connectivity index (χ2v) is 6.08. The van der Waals surface area contributed by atoms with Crippen molar-refractivity contribution in [2.75, 3.05) is 0 Å². The van der Waals surface area contributed by atoms with Gasteiger partial charge in [-0.3, -0.25) is 4.98 Å². The van der Waals surface area contributed by atoms with Gasteiger partial charge < -0.3 is 9.31 Å². The Morgan fingerprint density at radius 1 is 1.15 bits per heavy atom. The Labute approximate surface area is 120 Å². The maximum absolute atomic E-state index is 12.5. The molecule has 0 N–H and O–H groups in total. The molecule has 1 aromatic rings. The summed E-state index contributed by atoms with van der Waals surface area (Å²) in [6.45, 7) is 7.38. The quantitative estimate of drug-likeness (QED) is 0.747. The fraction of sp³-hybridized carbons (Fsp3) is 0.583. The number of alkyl halides is 3. The first-order valence-electron chi connectivity index (χ1n) is 6.02. The van der Waals surface area contributed by atoms with Crippen molar-refractivity contribution >= 4 is 24.2 Å². The van der Waals surface area contributed by atoms with Crippen LogP contribution in [0, 0.1) is 0 Å². The smallest absolute Gasteiger partial charge is 0.399 e. The molecule has 0 bridgehead atoms. The van der Waals surface area contributed by atoms with Crippen molar-refractivity contribution in [2.24, 2.45) is 0 Å². The van der Waals surface area contributed by atoms with E-state index in [-0.39, 0.29) is 5.02 Å². The Kier molecular flexibility index (Phi) is 3.60. The topological polar surface area (TPSA) is 31.4 Å². The Hall–Kier alpha value is -0.785. The summed E-state index contributed by atoms with van der Waals surface area (Å²) >= 11 is 5.90. The van der Waals surface area contributed by atoms with Crippen molar-refractivity contribution in [3.63, 3.8) is 0 Å². The molecular formula is C12H14BClF3NO2. The molecule has 1 saturated heterocycles. The molecule has 0 atom stereocenters. The van der Waals surface area contributed by atoms with Crippen LogP contribution in [0.5, 0.6) is 0 Å². The third-order valence-electron chi connectivity index (χ3n) is 3.68. The molecule has 0 saturated carbocycles. The van der Waals surface area contributed by atoms with Crippen LogP contribution in [0.1, 0.15) is 33.4 Å². The Morgan fingerprint density at radius 3 is 2.05 bits per heavy atom. The van der Waals surface area contributed by atoms with Crippen LogP contribution in [0.3, 0.4) is 0 Å². The predicted molar refractivity (Wildman–Crippen MR) is 70.0 cm³/mol. The van der Waals surface area contributed by atoms with Crippen molar-refractivity contribution in [3.05, 3.63) is 23.0 Å². The summed E-state index contributed by atoms with van der Waals surface area (Å²) < 4.78 is 49.1. The van der Waals surface area contributed by atoms with E-state index in [4.69, 9.17) is 20.9 Å². The maximum Gasteiger partial charge on any atom is 0.497 e. The zero-order valence-corrected chi connectivity index (χ0v) is 12.3. The first-order chi connectivity index (χ1) is 8.94. The van der Waals surface area contributed by atoms with Crippen LogP contribution >= 0.6 is 11.6 Å². The third kappa shape index (κ3) is 2.66. The van der Waals surface area contributed by atoms with Crippen molar-refractivity contribution in [1.29, 1.82) is 0 Å². The average molecular weight is 308 g/mol. The molecule has 0 radical (unpaired) electrons. The van der Waals surface area contributed by atoms with Gasteiger partial charge in [0.05, 0.1) is 11.2 Å². The number of pyridine rings is 1. The minimum Gasteiger partial charge on any atom is -0.399 e. The van der Waals surface area contributed by atoms with Gasteiger partial charge in [0.25, 0.3) is 0 Å². The van der Waals surface area contributed by atoms with Crippen molar-refractivity contribution < 1.29 is 22.5 Å². The van der Waals surface area contributed by atoms with E-state index in [2.05, 4.69) is 4.98 Å². The molecule has 1 aliphatic rings. The molecule has 1 fully saturated rings. The third-order valence-corrected chi connectivity index (χ3v) is 4.01. The van der Waals surface area contributed by atoms with Crippen LogP contribution < -0.4 is 5.46 Å². The van der Waals surface area contributed by atoms with Gasteiger partial charge in [-0.15, -0.1) is 0 Å². The van der Waals surface area contributed by atoms with Crippen molar-refractivity contribution in [3.8, 4) is 0 Å². The minimum atomic E-state index is -4.53. The van der Waals surface area contributed by atoms with Crippen LogP contribution in [-0.4, -0.2) is 23.3 Å². The summed E-state index contributed by atoms with van der Waals surface area (Å²) in [5, 5.41) is -0.0779. The molecule has 8 heteroatoms. The number of hydrogen-bond donors (Lipinski definition) is 0. The van der Waals surface area contributed by atoms with Gasteiger partial charge in [0.1, 0.15) is 5.69 Å². The largest absolute Gasteiger partial charge is 0.497 e. The lowest BCUT2D eigenvalue weighted by Crippen LogP contribution is -2.41. The van der Waals surface area contributed by atoms with Gasteiger partial charge in [0.2, 0.25) is 0 Å². The fourth-order valence-electron chi connectivity index (χ4n) is 1.74. The summed E-state index contributed by atoms with van der Waals surface area (Å²) in [6.07, 6.45) is -3.48. The Balaban J connectivity index is 2.33. The lowest BCUT2D eigenvalue weighted by Gasteiger charge is -2.32. The molecule has 0 aromatic carbocycles. The predicted octanol–water partition coefficient (Wildman–Crippen LogP) is 3.05. The van der Waals surface area contributed by atoms with E-state index in [1.165, 1.54) is 0 Å². The van der Waals surface area contributed by atoms with Gasteiger partial charge in [0, 0.05) is 16.7 Å². The van der Waals surface area contributed by atoms with E-state index < -0.39 is 30.2 Å². The molecule has 2 heterocycles. The second kappa shape index (κ2) is 4.61. The number of halogens is 4. The van der Waals surface area contributed by atoms with E-state index in [0.717, 1.165) is 12.3 Å². The number of rotatable bonds is 1. The first kappa shape index (κ1) is 15.6. The Morgan fingerprint density at radius 2 is 1.65 bits per heavy atom. The van der Waals surface area contributed by atoms with E-state index >= 15 is 0 Å². The highest BCUT2D eigenvalue weighted by Gasteiger charge is 2.52. The highest BCUT2D eigenvalue weighted by atomic mass is 35.5. The molecule has 1 aliphatic heterocycles. The molecule has 2 rings (SSSR count). The van der Waals surface area contributed by atoms with Crippen molar-refractivity contribution in [1.82, 2.24) is 4.98 Å². The van der Waals surface area contributed by atoms with Crippen LogP contribution in [-0.2, 0) is 15.5 Å². The lowest BCUT2D eigenvalue weighted by molar-refractivity contribution is -0.141. The summed E-state index contributed by atoms with van der Waals surface area (Å²) in [5.41, 5.74) is -1.94. The van der Waals surface area contributed by atoms with E-state index in [1.807, 2.05) is 27.7 Å². The molecule has 110 valence electrons. The monoisotopic (exact) mass is 307 g/mol. The van der Waals surface area contributed by atoms with Gasteiger partial charge in [-0.1, -0.05) is 11.6 Å². The Bertz CT molecular complexity index is 518. The van der Waals surface area contributed by atoms with Crippen LogP contribution in [0.25, 0.3) is 0 Å². The van der Waals surface area contributed by atoms with E-state index in [1.54, 1.807) is 0 Å². The van der Waals surface area contributed by atoms with Gasteiger partial charge >= 0.3 is 13.3 Å². The molecule has 0 aliphatic carbocycles. The lowest BCUT2D eigenvalue weighted by atomic mass is 9.80. The standard InChI is InChI=1S/C12H14BClF3NO2/c1-10(2)11(3,4)20-13(19-10)7-6-18-9(5-8(7)14)12(15,16)17/h5-6H,1-4H3. The summed E-state index contributed by atoms with van der Waals surface area (Å²) in [4.78, 5) is 3.38. The zero-order valence-electron chi connectivity index (χ0n) is 11.5. The molecular weight excluding hydrogens is 293 g/mol. The molecule has 0 amide bonds. The van der Waals surface area contributed by atoms with Gasteiger partial charge in [-0.05, 0) is 33.8 Å². The van der Waals surface area contributed by atoms with Gasteiger partial charge in [-0.2, -0.15) is 13.2 Å². The fourth-order valence-corrected chi connectivity index (χ4v) is 1.98. The maximum atomic E-state index is 12.5. The van der Waals surface area contributed by atoms with Crippen LogP contribution in [0.15, 0.2) is 12.3 Å². The van der Waals surface area contributed by atoms with Gasteiger partial charge in [0.15, 0.2) is 0 Å². The first-order valence-corrected chi connectivity index (χ1v) is 6.40. The number of nitrogens with zero attached hydrogens (tertiary/aromatic N) is 1. The molecule has 20 heavy (non-hydrogen) atoms. The summed E-state index contributed by atoms with van der Waals surface area (Å²) in [7, 11) is -0.831. The molecule has 3 nitrogen and oxygen atoms in total. The average Bonchev–Trinajstić information content (AvgIpc) is 2.46. The molecule has 0 unspecified atom stereocenters. The van der Waals surface area contributed by atoms with Crippen LogP contribution in [0.4, 0.5) is 13.2 Å². The highest BCUT2D eigenvalue weighted by Crippen LogP contribution is 2.37. The second-order valence-electron chi connectivity index (χ2n) is 5.68. The zero-order chi connectivity index (χ0) is 15.3. The number of aromatic nitrogens is 1. The van der Waals surface area contributed by atoms with E-state index in [9.17, 15) is 13.2 Å². The van der Waals surface area contributed by atoms with Crippen LogP contribution in [0.2, 0.25) is 5.02 Å². The van der Waals surface area contributed by atoms with Crippen molar-refractivity contribution in [2.45, 2.75) is 45.1 Å². The van der Waals surface area contributed by atoms with E-state index in [0.29, 0.717) is 5.46 Å². The minimum absolute atomic E-state index is 0.0779. The molecule has 1 aromatic heterocycles. The SMILES string of the molecule is CC1(C)OB(c2cnc(C(F)(F)F)cc2Cl)OC1(C)C. The normalized spacial score (nSPS) is 21.3. The van der Waals surface area contributed by atoms with Gasteiger partial charge in [-0.25, -0.2) is 0 Å². The highest BCUT2D eigenvalue weighted by molar-refractivity contribution is 6.65. The summed E-state index contributed by atoms with van der Waals surface area (Å²) in [6, 6.07) is 0.780.